The molecule has 1 amide bonds. The van der Waals surface area contributed by atoms with E-state index in [1.165, 1.54) is 0 Å². The van der Waals surface area contributed by atoms with Crippen LogP contribution in [0.1, 0.15) is 35.9 Å². The number of likely N-dealkylation sites (N-methyl/N-ethyl adjacent to an activating group) is 1. The van der Waals surface area contributed by atoms with Gasteiger partial charge in [0, 0.05) is 30.9 Å². The van der Waals surface area contributed by atoms with E-state index >= 15 is 0 Å². The van der Waals surface area contributed by atoms with Crippen molar-refractivity contribution < 1.29 is 14.3 Å². The van der Waals surface area contributed by atoms with Crippen LogP contribution >= 0.6 is 0 Å². The molecule has 0 aliphatic rings. The Kier molecular flexibility index (Phi) is 7.71. The fourth-order valence-electron chi connectivity index (χ4n) is 3.45. The number of carbonyl (C=O) groups excluding carboxylic acids is 1. The van der Waals surface area contributed by atoms with Crippen molar-refractivity contribution in [3.8, 4) is 17.2 Å². The predicted molar refractivity (Wildman–Crippen MR) is 127 cm³/mol. The van der Waals surface area contributed by atoms with Gasteiger partial charge in [0.15, 0.2) is 11.5 Å². The maximum Gasteiger partial charge on any atom is 0.246 e. The van der Waals surface area contributed by atoms with Crippen molar-refractivity contribution in [2.45, 2.75) is 33.7 Å². The van der Waals surface area contributed by atoms with Gasteiger partial charge in [-0.25, -0.2) is 4.68 Å². The summed E-state index contributed by atoms with van der Waals surface area (Å²) in [6.07, 6.45) is 4.29. The quantitative estimate of drug-likeness (QED) is 0.448. The van der Waals surface area contributed by atoms with Crippen LogP contribution in [0.4, 0.5) is 0 Å². The Labute approximate surface area is 190 Å². The fourth-order valence-corrected chi connectivity index (χ4v) is 3.45. The number of aromatic nitrogens is 2. The average Bonchev–Trinajstić information content (AvgIpc) is 3.10. The van der Waals surface area contributed by atoms with Crippen LogP contribution in [0.25, 0.3) is 11.8 Å². The third-order valence-electron chi connectivity index (χ3n) is 5.28. The molecule has 0 fully saturated rings. The van der Waals surface area contributed by atoms with E-state index in [0.29, 0.717) is 24.7 Å². The molecule has 0 aliphatic carbocycles. The number of hydrogen-bond acceptors (Lipinski definition) is 4. The Morgan fingerprint density at radius 1 is 1.12 bits per heavy atom. The lowest BCUT2D eigenvalue weighted by Crippen LogP contribution is -2.24. The molecule has 3 aromatic rings. The second-order valence-electron chi connectivity index (χ2n) is 7.68. The highest BCUT2D eigenvalue weighted by Gasteiger charge is 2.16. The van der Waals surface area contributed by atoms with Gasteiger partial charge in [-0.1, -0.05) is 31.2 Å². The van der Waals surface area contributed by atoms with Gasteiger partial charge in [0.1, 0.15) is 0 Å². The van der Waals surface area contributed by atoms with Crippen molar-refractivity contribution in [3.63, 3.8) is 0 Å². The normalized spacial score (nSPS) is 11.0. The molecule has 32 heavy (non-hydrogen) atoms. The van der Waals surface area contributed by atoms with Gasteiger partial charge in [-0.05, 0) is 56.2 Å². The van der Waals surface area contributed by atoms with Crippen LogP contribution in [0.5, 0.6) is 11.5 Å². The molecule has 6 nitrogen and oxygen atoms in total. The third kappa shape index (κ3) is 5.38. The monoisotopic (exact) mass is 433 g/mol. The van der Waals surface area contributed by atoms with Crippen LogP contribution in [0.15, 0.2) is 54.6 Å². The summed E-state index contributed by atoms with van der Waals surface area (Å²) in [4.78, 5) is 14.4. The third-order valence-corrected chi connectivity index (χ3v) is 5.28. The number of carbonyl (C=O) groups is 1. The molecule has 6 heteroatoms. The van der Waals surface area contributed by atoms with Crippen LogP contribution in [0.2, 0.25) is 0 Å². The highest BCUT2D eigenvalue weighted by Crippen LogP contribution is 2.28. The van der Waals surface area contributed by atoms with Crippen LogP contribution in [-0.2, 0) is 11.3 Å². The van der Waals surface area contributed by atoms with Gasteiger partial charge in [-0.15, -0.1) is 0 Å². The number of amides is 1. The Morgan fingerprint density at radius 3 is 2.56 bits per heavy atom. The summed E-state index contributed by atoms with van der Waals surface area (Å²) in [5.41, 5.74) is 4.88. The molecule has 3 rings (SSSR count). The van der Waals surface area contributed by atoms with Crippen molar-refractivity contribution in [2.75, 3.05) is 20.8 Å². The molecule has 0 radical (unpaired) electrons. The molecule has 2 aromatic carbocycles. The maximum atomic E-state index is 12.7. The Hall–Kier alpha value is -3.54. The van der Waals surface area contributed by atoms with E-state index < -0.39 is 0 Å². The summed E-state index contributed by atoms with van der Waals surface area (Å²) < 4.78 is 13.0. The number of ether oxygens (including phenoxy) is 2. The van der Waals surface area contributed by atoms with E-state index in [1.807, 2.05) is 67.1 Å². The molecule has 0 aliphatic heterocycles. The predicted octanol–water partition coefficient (Wildman–Crippen LogP) is 4.96. The molecule has 0 bridgehead atoms. The topological polar surface area (TPSA) is 56.6 Å². The first-order valence-electron chi connectivity index (χ1n) is 10.8. The highest BCUT2D eigenvalue weighted by atomic mass is 16.5. The SMILES string of the molecule is CCCOc1ccc(/C=C/C(=O)N(C)Cc2c(C)nn(-c3ccccc3)c2C)cc1OC. The zero-order valence-electron chi connectivity index (χ0n) is 19.5. The molecule has 1 heterocycles. The minimum absolute atomic E-state index is 0.0819. The number of hydrogen-bond donors (Lipinski definition) is 0. The van der Waals surface area contributed by atoms with Crippen LogP contribution in [0, 0.1) is 13.8 Å². The molecular formula is C26H31N3O3. The molecule has 0 unspecified atom stereocenters. The minimum atomic E-state index is -0.0819. The maximum absolute atomic E-state index is 12.7. The molecule has 1 aromatic heterocycles. The van der Waals surface area contributed by atoms with E-state index in [1.54, 1.807) is 31.2 Å². The molecule has 168 valence electrons. The molecule has 0 saturated heterocycles. The number of aryl methyl sites for hydroxylation is 1. The fraction of sp³-hybridized carbons (Fsp3) is 0.308. The Morgan fingerprint density at radius 2 is 1.88 bits per heavy atom. The number of para-hydroxylation sites is 1. The lowest BCUT2D eigenvalue weighted by Gasteiger charge is -2.16. The van der Waals surface area contributed by atoms with Gasteiger partial charge >= 0.3 is 0 Å². The first-order valence-corrected chi connectivity index (χ1v) is 10.8. The molecular weight excluding hydrogens is 402 g/mol. The molecule has 0 atom stereocenters. The summed E-state index contributed by atoms with van der Waals surface area (Å²) in [7, 11) is 3.41. The number of methoxy groups -OCH3 is 1. The second kappa shape index (κ2) is 10.7. The standard InChI is InChI=1S/C26H31N3O3/c1-6-16-32-24-14-12-21(17-25(24)31-5)13-15-26(30)28(4)18-23-19(2)27-29(20(23)3)22-10-8-7-9-11-22/h7-15,17H,6,16,18H2,1-5H3/b15-13+. The van der Waals surface area contributed by atoms with E-state index in [0.717, 1.165) is 34.6 Å². The first kappa shape index (κ1) is 23.1. The van der Waals surface area contributed by atoms with Gasteiger partial charge in [-0.3, -0.25) is 4.79 Å². The van der Waals surface area contributed by atoms with E-state index in [4.69, 9.17) is 9.47 Å². The summed E-state index contributed by atoms with van der Waals surface area (Å²) >= 11 is 0. The summed E-state index contributed by atoms with van der Waals surface area (Å²) in [5, 5.41) is 4.67. The Bertz CT molecular complexity index is 1090. The van der Waals surface area contributed by atoms with Crippen molar-refractivity contribution >= 4 is 12.0 Å². The second-order valence-corrected chi connectivity index (χ2v) is 7.68. The van der Waals surface area contributed by atoms with Crippen LogP contribution in [-0.4, -0.2) is 41.4 Å². The largest absolute Gasteiger partial charge is 0.493 e. The smallest absolute Gasteiger partial charge is 0.246 e. The van der Waals surface area contributed by atoms with Crippen molar-refractivity contribution in [1.29, 1.82) is 0 Å². The summed E-state index contributed by atoms with van der Waals surface area (Å²) in [6.45, 7) is 7.19. The van der Waals surface area contributed by atoms with E-state index in [-0.39, 0.29) is 5.91 Å². The Balaban J connectivity index is 1.70. The van der Waals surface area contributed by atoms with Gasteiger partial charge in [0.25, 0.3) is 0 Å². The lowest BCUT2D eigenvalue weighted by atomic mass is 10.1. The van der Waals surface area contributed by atoms with Gasteiger partial charge in [0.05, 0.1) is 25.1 Å². The molecule has 0 saturated carbocycles. The zero-order chi connectivity index (χ0) is 23.1. The van der Waals surface area contributed by atoms with Gasteiger partial charge in [-0.2, -0.15) is 5.10 Å². The first-order chi connectivity index (χ1) is 15.4. The molecule has 0 spiro atoms. The van der Waals surface area contributed by atoms with Crippen LogP contribution in [0.3, 0.4) is 0 Å². The lowest BCUT2D eigenvalue weighted by molar-refractivity contribution is -0.125. The average molecular weight is 434 g/mol. The van der Waals surface area contributed by atoms with Gasteiger partial charge in [0.2, 0.25) is 5.91 Å². The van der Waals surface area contributed by atoms with Gasteiger partial charge < -0.3 is 14.4 Å². The molecule has 0 N–H and O–H groups in total. The number of benzene rings is 2. The van der Waals surface area contributed by atoms with E-state index in [2.05, 4.69) is 12.0 Å². The minimum Gasteiger partial charge on any atom is -0.493 e. The van der Waals surface area contributed by atoms with E-state index in [9.17, 15) is 4.79 Å². The number of rotatable bonds is 9. The van der Waals surface area contributed by atoms with Crippen molar-refractivity contribution in [1.82, 2.24) is 14.7 Å². The number of nitrogens with zero attached hydrogens (tertiary/aromatic N) is 3. The van der Waals surface area contributed by atoms with Crippen molar-refractivity contribution in [3.05, 3.63) is 77.1 Å². The highest BCUT2D eigenvalue weighted by molar-refractivity contribution is 5.91. The summed E-state index contributed by atoms with van der Waals surface area (Å²) in [5.74, 6) is 1.28. The van der Waals surface area contributed by atoms with Crippen molar-refractivity contribution in [2.24, 2.45) is 0 Å². The summed E-state index contributed by atoms with van der Waals surface area (Å²) in [6, 6.07) is 15.7. The van der Waals surface area contributed by atoms with Crippen LogP contribution < -0.4 is 9.47 Å². The zero-order valence-corrected chi connectivity index (χ0v) is 19.5.